The molecule has 2 amide bonds. The summed E-state index contributed by atoms with van der Waals surface area (Å²) in [5.74, 6) is 0.822. The zero-order chi connectivity index (χ0) is 19.8. The van der Waals surface area contributed by atoms with Crippen LogP contribution in [0.3, 0.4) is 0 Å². The van der Waals surface area contributed by atoms with Crippen LogP contribution >= 0.6 is 11.6 Å². The maximum absolute atomic E-state index is 12.3. The second kappa shape index (κ2) is 9.58. The maximum atomic E-state index is 12.3. The minimum atomic E-state index is -0.237. The quantitative estimate of drug-likeness (QED) is 0.587. The van der Waals surface area contributed by atoms with E-state index < -0.39 is 0 Å². The lowest BCUT2D eigenvalue weighted by molar-refractivity contribution is 0.0927. The first-order valence-electron chi connectivity index (χ1n) is 8.77. The van der Waals surface area contributed by atoms with Crippen molar-refractivity contribution in [2.45, 2.75) is 0 Å². The summed E-state index contributed by atoms with van der Waals surface area (Å²) >= 11 is 5.80. The summed E-state index contributed by atoms with van der Waals surface area (Å²) in [6.45, 7) is 0.620. The van der Waals surface area contributed by atoms with Crippen molar-refractivity contribution in [3.63, 3.8) is 0 Å². The third kappa shape index (κ3) is 5.59. The molecular weight excluding hydrogens is 376 g/mol. The molecule has 0 radical (unpaired) electrons. The Hall–Kier alpha value is -3.31. The second-order valence-electron chi connectivity index (χ2n) is 5.96. The molecule has 0 bridgehead atoms. The van der Waals surface area contributed by atoms with Gasteiger partial charge in [-0.25, -0.2) is 0 Å². The van der Waals surface area contributed by atoms with Gasteiger partial charge in [0.15, 0.2) is 0 Å². The van der Waals surface area contributed by atoms with Gasteiger partial charge in [0, 0.05) is 29.2 Å². The van der Waals surface area contributed by atoms with E-state index in [-0.39, 0.29) is 11.8 Å². The molecule has 3 aromatic rings. The van der Waals surface area contributed by atoms with Crippen LogP contribution in [-0.2, 0) is 0 Å². The van der Waals surface area contributed by atoms with Crippen molar-refractivity contribution in [1.29, 1.82) is 0 Å². The highest BCUT2D eigenvalue weighted by Crippen LogP contribution is 2.21. The van der Waals surface area contributed by atoms with Crippen LogP contribution in [-0.4, -0.2) is 24.9 Å². The number of carbonyl (C=O) groups excluding carboxylic acids is 2. The molecule has 6 heteroatoms. The molecule has 2 N–H and O–H groups in total. The molecule has 3 rings (SSSR count). The van der Waals surface area contributed by atoms with Crippen LogP contribution < -0.4 is 15.4 Å². The minimum absolute atomic E-state index is 0.218. The lowest BCUT2D eigenvalue weighted by Gasteiger charge is -2.09. The number of carbonyl (C=O) groups is 2. The van der Waals surface area contributed by atoms with E-state index in [1.54, 1.807) is 48.5 Å². The van der Waals surface area contributed by atoms with Gasteiger partial charge < -0.3 is 15.4 Å². The van der Waals surface area contributed by atoms with E-state index in [2.05, 4.69) is 10.6 Å². The maximum Gasteiger partial charge on any atom is 0.251 e. The third-order valence-corrected chi connectivity index (χ3v) is 4.13. The molecule has 142 valence electrons. The van der Waals surface area contributed by atoms with Crippen molar-refractivity contribution in [1.82, 2.24) is 10.6 Å². The summed E-state index contributed by atoms with van der Waals surface area (Å²) in [7, 11) is 0. The molecule has 0 aliphatic heterocycles. The standard InChI is InChI=1S/C22H19ClN2O3/c23-18-11-9-16(10-12-18)21(26)24-13-14-25-22(27)17-5-4-8-20(15-17)28-19-6-2-1-3-7-19/h1-12,15H,13-14H2,(H,24,26)(H,25,27). The first kappa shape index (κ1) is 19.5. The summed E-state index contributed by atoms with van der Waals surface area (Å²) in [6.07, 6.45) is 0. The predicted molar refractivity (Wildman–Crippen MR) is 109 cm³/mol. The third-order valence-electron chi connectivity index (χ3n) is 3.88. The van der Waals surface area contributed by atoms with E-state index >= 15 is 0 Å². The molecule has 0 aliphatic carbocycles. The average Bonchev–Trinajstić information content (AvgIpc) is 2.72. The molecule has 0 saturated carbocycles. The minimum Gasteiger partial charge on any atom is -0.457 e. The largest absolute Gasteiger partial charge is 0.457 e. The van der Waals surface area contributed by atoms with Crippen LogP contribution in [0.4, 0.5) is 0 Å². The van der Waals surface area contributed by atoms with E-state index in [1.807, 2.05) is 30.3 Å². The van der Waals surface area contributed by atoms with Crippen LogP contribution in [0.25, 0.3) is 0 Å². The number of nitrogens with one attached hydrogen (secondary N) is 2. The Labute approximate surface area is 168 Å². The summed E-state index contributed by atoms with van der Waals surface area (Å²) in [5, 5.41) is 6.10. The highest BCUT2D eigenvalue weighted by Gasteiger charge is 2.08. The normalized spacial score (nSPS) is 10.2. The number of hydrogen-bond donors (Lipinski definition) is 2. The fourth-order valence-electron chi connectivity index (χ4n) is 2.48. The smallest absolute Gasteiger partial charge is 0.251 e. The number of para-hydroxylation sites is 1. The molecule has 0 saturated heterocycles. The summed E-state index contributed by atoms with van der Waals surface area (Å²) < 4.78 is 5.74. The second-order valence-corrected chi connectivity index (χ2v) is 6.40. The molecule has 5 nitrogen and oxygen atoms in total. The van der Waals surface area contributed by atoms with Crippen molar-refractivity contribution in [3.05, 3.63) is 95.0 Å². The molecular formula is C22H19ClN2O3. The van der Waals surface area contributed by atoms with Gasteiger partial charge in [-0.3, -0.25) is 9.59 Å². The van der Waals surface area contributed by atoms with Gasteiger partial charge in [0.2, 0.25) is 0 Å². The van der Waals surface area contributed by atoms with Crippen molar-refractivity contribution < 1.29 is 14.3 Å². The Morgan fingerprint density at radius 1 is 0.714 bits per heavy atom. The van der Waals surface area contributed by atoms with Crippen molar-refractivity contribution in [2.75, 3.05) is 13.1 Å². The Balaban J connectivity index is 1.47. The van der Waals surface area contributed by atoms with Gasteiger partial charge in [0.05, 0.1) is 0 Å². The predicted octanol–water partition coefficient (Wildman–Crippen LogP) is 4.29. The van der Waals surface area contributed by atoms with Gasteiger partial charge in [-0.05, 0) is 54.6 Å². The van der Waals surface area contributed by atoms with Crippen LogP contribution in [0.5, 0.6) is 11.5 Å². The molecule has 0 unspecified atom stereocenters. The monoisotopic (exact) mass is 394 g/mol. The van der Waals surface area contributed by atoms with Gasteiger partial charge in [-0.15, -0.1) is 0 Å². The van der Waals surface area contributed by atoms with Crippen LogP contribution in [0.15, 0.2) is 78.9 Å². The van der Waals surface area contributed by atoms with Crippen molar-refractivity contribution >= 4 is 23.4 Å². The van der Waals surface area contributed by atoms with Crippen LogP contribution in [0.1, 0.15) is 20.7 Å². The average molecular weight is 395 g/mol. The Morgan fingerprint density at radius 3 is 2.00 bits per heavy atom. The molecule has 0 atom stereocenters. The first-order valence-corrected chi connectivity index (χ1v) is 9.14. The van der Waals surface area contributed by atoms with E-state index in [1.165, 1.54) is 0 Å². The highest BCUT2D eigenvalue weighted by atomic mass is 35.5. The summed E-state index contributed by atoms with van der Waals surface area (Å²) in [4.78, 5) is 24.3. The number of halogens is 1. The topological polar surface area (TPSA) is 67.4 Å². The number of hydrogen-bond acceptors (Lipinski definition) is 3. The van der Waals surface area contributed by atoms with E-state index in [0.29, 0.717) is 40.7 Å². The summed E-state index contributed by atoms with van der Waals surface area (Å²) in [6, 6.07) is 22.9. The number of ether oxygens (including phenoxy) is 1. The molecule has 28 heavy (non-hydrogen) atoms. The SMILES string of the molecule is O=C(NCCNC(=O)c1cccc(Oc2ccccc2)c1)c1ccc(Cl)cc1. The molecule has 0 aliphatic rings. The zero-order valence-electron chi connectivity index (χ0n) is 15.0. The fraction of sp³-hybridized carbons (Fsp3) is 0.0909. The Morgan fingerprint density at radius 2 is 1.32 bits per heavy atom. The van der Waals surface area contributed by atoms with Crippen molar-refractivity contribution in [2.24, 2.45) is 0 Å². The van der Waals surface area contributed by atoms with Gasteiger partial charge in [-0.2, -0.15) is 0 Å². The van der Waals surface area contributed by atoms with Crippen LogP contribution in [0.2, 0.25) is 5.02 Å². The molecule has 0 spiro atoms. The Kier molecular flexibility index (Phi) is 6.65. The fourth-order valence-corrected chi connectivity index (χ4v) is 2.61. The van der Waals surface area contributed by atoms with Gasteiger partial charge in [-0.1, -0.05) is 35.9 Å². The first-order chi connectivity index (χ1) is 13.6. The highest BCUT2D eigenvalue weighted by molar-refractivity contribution is 6.30. The number of amides is 2. The lowest BCUT2D eigenvalue weighted by Crippen LogP contribution is -2.34. The van der Waals surface area contributed by atoms with E-state index in [4.69, 9.17) is 16.3 Å². The lowest BCUT2D eigenvalue weighted by atomic mass is 10.2. The van der Waals surface area contributed by atoms with E-state index in [9.17, 15) is 9.59 Å². The summed E-state index contributed by atoms with van der Waals surface area (Å²) in [5.41, 5.74) is 0.999. The molecule has 0 fully saturated rings. The molecule has 0 aromatic heterocycles. The molecule has 3 aromatic carbocycles. The van der Waals surface area contributed by atoms with Gasteiger partial charge >= 0.3 is 0 Å². The van der Waals surface area contributed by atoms with Crippen molar-refractivity contribution in [3.8, 4) is 11.5 Å². The van der Waals surface area contributed by atoms with Gasteiger partial charge in [0.1, 0.15) is 11.5 Å². The number of benzene rings is 3. The molecule has 0 heterocycles. The van der Waals surface area contributed by atoms with E-state index in [0.717, 1.165) is 0 Å². The zero-order valence-corrected chi connectivity index (χ0v) is 15.8. The van der Waals surface area contributed by atoms with Gasteiger partial charge in [0.25, 0.3) is 11.8 Å². The number of rotatable bonds is 7. The Bertz CT molecular complexity index is 944. The van der Waals surface area contributed by atoms with Crippen LogP contribution in [0, 0.1) is 0 Å².